The fourth-order valence-electron chi connectivity index (χ4n) is 2.69. The van der Waals surface area contributed by atoms with E-state index in [1.165, 1.54) is 21.3 Å². The average Bonchev–Trinajstić information content (AvgIpc) is 3.07. The zero-order chi connectivity index (χ0) is 15.0. The lowest BCUT2D eigenvalue weighted by atomic mass is 10.0. The SMILES string of the molecule is Cc1nc(C2CCCCN2S(=O)(=O)c2ccnn2C)n[nH]1. The smallest absolute Gasteiger partial charge is 0.260 e. The van der Waals surface area contributed by atoms with Crippen LogP contribution in [0.15, 0.2) is 17.3 Å². The molecule has 0 spiro atoms. The quantitative estimate of drug-likeness (QED) is 0.903. The average molecular weight is 310 g/mol. The molecule has 0 bridgehead atoms. The fourth-order valence-corrected chi connectivity index (χ4v) is 4.45. The third-order valence-electron chi connectivity index (χ3n) is 3.72. The summed E-state index contributed by atoms with van der Waals surface area (Å²) >= 11 is 0. The van der Waals surface area contributed by atoms with Crippen molar-refractivity contribution in [3.63, 3.8) is 0 Å². The van der Waals surface area contributed by atoms with Crippen LogP contribution in [0.4, 0.5) is 0 Å². The van der Waals surface area contributed by atoms with E-state index in [9.17, 15) is 8.42 Å². The van der Waals surface area contributed by atoms with Crippen LogP contribution in [0.2, 0.25) is 0 Å². The lowest BCUT2D eigenvalue weighted by Crippen LogP contribution is -2.39. The van der Waals surface area contributed by atoms with Gasteiger partial charge in [0.2, 0.25) is 0 Å². The third-order valence-corrected chi connectivity index (χ3v) is 5.70. The summed E-state index contributed by atoms with van der Waals surface area (Å²) < 4.78 is 28.6. The number of hydrogen-bond acceptors (Lipinski definition) is 5. The Labute approximate surface area is 123 Å². The van der Waals surface area contributed by atoms with Crippen LogP contribution in [0.25, 0.3) is 0 Å². The highest BCUT2D eigenvalue weighted by molar-refractivity contribution is 7.89. The number of aryl methyl sites for hydroxylation is 2. The van der Waals surface area contributed by atoms with E-state index < -0.39 is 10.0 Å². The summed E-state index contributed by atoms with van der Waals surface area (Å²) in [6, 6.07) is 1.20. The number of piperidine rings is 1. The standard InChI is InChI=1S/C12H18N6O2S/c1-9-14-12(16-15-9)10-5-3-4-8-18(10)21(19,20)11-6-7-13-17(11)2/h6-7,10H,3-5,8H2,1-2H3,(H,14,15,16). The summed E-state index contributed by atoms with van der Waals surface area (Å²) in [7, 11) is -1.97. The number of H-pyrrole nitrogens is 1. The largest absolute Gasteiger partial charge is 0.263 e. The van der Waals surface area contributed by atoms with Gasteiger partial charge >= 0.3 is 0 Å². The van der Waals surface area contributed by atoms with Gasteiger partial charge in [-0.2, -0.15) is 14.5 Å². The molecule has 1 atom stereocenters. The van der Waals surface area contributed by atoms with Crippen LogP contribution < -0.4 is 0 Å². The first-order valence-corrected chi connectivity index (χ1v) is 8.33. The van der Waals surface area contributed by atoms with E-state index in [2.05, 4.69) is 20.3 Å². The molecule has 3 heterocycles. The first-order chi connectivity index (χ1) is 10.00. The molecule has 1 aliphatic heterocycles. The number of nitrogens with zero attached hydrogens (tertiary/aromatic N) is 5. The molecule has 0 aromatic carbocycles. The van der Waals surface area contributed by atoms with E-state index in [1.807, 2.05) is 0 Å². The Hall–Kier alpha value is -1.74. The maximum absolute atomic E-state index is 12.9. The van der Waals surface area contributed by atoms with Crippen molar-refractivity contribution in [1.82, 2.24) is 29.3 Å². The maximum atomic E-state index is 12.9. The Morgan fingerprint density at radius 2 is 2.19 bits per heavy atom. The molecule has 0 saturated carbocycles. The summed E-state index contributed by atoms with van der Waals surface area (Å²) in [4.78, 5) is 4.31. The van der Waals surface area contributed by atoms with Crippen LogP contribution in [-0.2, 0) is 17.1 Å². The lowest BCUT2D eigenvalue weighted by molar-refractivity contribution is 0.245. The predicted molar refractivity (Wildman–Crippen MR) is 74.8 cm³/mol. The van der Waals surface area contributed by atoms with Crippen LogP contribution in [0.5, 0.6) is 0 Å². The molecule has 1 aliphatic rings. The Balaban J connectivity index is 2.00. The van der Waals surface area contributed by atoms with E-state index >= 15 is 0 Å². The molecular formula is C12H18N6O2S. The van der Waals surface area contributed by atoms with Crippen LogP contribution in [0.3, 0.4) is 0 Å². The normalized spacial score (nSPS) is 20.8. The molecule has 1 saturated heterocycles. The molecule has 3 rings (SSSR count). The van der Waals surface area contributed by atoms with Gasteiger partial charge in [0, 0.05) is 13.6 Å². The maximum Gasteiger partial charge on any atom is 0.260 e. The van der Waals surface area contributed by atoms with Crippen LogP contribution in [0, 0.1) is 6.92 Å². The molecule has 0 radical (unpaired) electrons. The van der Waals surface area contributed by atoms with E-state index in [0.717, 1.165) is 19.3 Å². The van der Waals surface area contributed by atoms with Crippen LogP contribution in [0.1, 0.15) is 37.0 Å². The van der Waals surface area contributed by atoms with Gasteiger partial charge in [-0.1, -0.05) is 6.42 Å². The van der Waals surface area contributed by atoms with E-state index in [0.29, 0.717) is 18.2 Å². The number of nitrogens with one attached hydrogen (secondary N) is 1. The lowest BCUT2D eigenvalue weighted by Gasteiger charge is -2.32. The third kappa shape index (κ3) is 2.46. The van der Waals surface area contributed by atoms with Gasteiger partial charge in [0.1, 0.15) is 5.82 Å². The molecule has 21 heavy (non-hydrogen) atoms. The molecule has 114 valence electrons. The minimum atomic E-state index is -3.60. The second-order valence-electron chi connectivity index (χ2n) is 5.20. The van der Waals surface area contributed by atoms with E-state index in [1.54, 1.807) is 14.0 Å². The van der Waals surface area contributed by atoms with Gasteiger partial charge in [-0.25, -0.2) is 13.4 Å². The minimum Gasteiger partial charge on any atom is -0.263 e. The molecule has 0 aliphatic carbocycles. The number of hydrogen-bond donors (Lipinski definition) is 1. The van der Waals surface area contributed by atoms with Gasteiger partial charge in [0.05, 0.1) is 12.2 Å². The van der Waals surface area contributed by atoms with Crippen LogP contribution in [-0.4, -0.2) is 44.2 Å². The number of sulfonamides is 1. The van der Waals surface area contributed by atoms with Gasteiger partial charge in [0.15, 0.2) is 10.9 Å². The highest BCUT2D eigenvalue weighted by Gasteiger charge is 2.37. The van der Waals surface area contributed by atoms with Crippen molar-refractivity contribution >= 4 is 10.0 Å². The molecule has 1 N–H and O–H groups in total. The molecule has 1 unspecified atom stereocenters. The van der Waals surface area contributed by atoms with E-state index in [4.69, 9.17) is 0 Å². The first kappa shape index (κ1) is 14.2. The second-order valence-corrected chi connectivity index (χ2v) is 7.04. The molecule has 9 heteroatoms. The van der Waals surface area contributed by atoms with Crippen molar-refractivity contribution in [2.45, 2.75) is 37.3 Å². The summed E-state index contributed by atoms with van der Waals surface area (Å²) in [5.41, 5.74) is 0. The van der Waals surface area contributed by atoms with Crippen molar-refractivity contribution in [3.8, 4) is 0 Å². The fraction of sp³-hybridized carbons (Fsp3) is 0.583. The molecule has 0 amide bonds. The highest BCUT2D eigenvalue weighted by atomic mass is 32.2. The highest BCUT2D eigenvalue weighted by Crippen LogP contribution is 2.33. The van der Waals surface area contributed by atoms with E-state index in [-0.39, 0.29) is 11.1 Å². The summed E-state index contributed by atoms with van der Waals surface area (Å²) in [6.07, 6.45) is 4.03. The summed E-state index contributed by atoms with van der Waals surface area (Å²) in [5, 5.41) is 11.1. The van der Waals surface area contributed by atoms with Crippen molar-refractivity contribution in [2.75, 3.05) is 6.54 Å². The molecule has 2 aromatic heterocycles. The van der Waals surface area contributed by atoms with Gasteiger partial charge in [0.25, 0.3) is 10.0 Å². The van der Waals surface area contributed by atoms with Crippen molar-refractivity contribution in [1.29, 1.82) is 0 Å². The summed E-state index contributed by atoms with van der Waals surface area (Å²) in [6.45, 7) is 2.28. The Morgan fingerprint density at radius 1 is 1.38 bits per heavy atom. The van der Waals surface area contributed by atoms with Gasteiger partial charge < -0.3 is 0 Å². The van der Waals surface area contributed by atoms with Crippen molar-refractivity contribution in [2.24, 2.45) is 7.05 Å². The number of rotatable bonds is 3. The molecule has 8 nitrogen and oxygen atoms in total. The molecule has 1 fully saturated rings. The second kappa shape index (κ2) is 5.23. The van der Waals surface area contributed by atoms with Crippen molar-refractivity contribution < 1.29 is 8.42 Å². The Morgan fingerprint density at radius 3 is 2.81 bits per heavy atom. The van der Waals surface area contributed by atoms with Gasteiger partial charge in [-0.15, -0.1) is 0 Å². The van der Waals surface area contributed by atoms with Crippen LogP contribution >= 0.6 is 0 Å². The Bertz CT molecular complexity index is 735. The van der Waals surface area contributed by atoms with Gasteiger partial charge in [-0.3, -0.25) is 9.78 Å². The zero-order valence-corrected chi connectivity index (χ0v) is 12.8. The monoisotopic (exact) mass is 310 g/mol. The predicted octanol–water partition coefficient (Wildman–Crippen LogP) is 0.763. The topological polar surface area (TPSA) is 96.8 Å². The first-order valence-electron chi connectivity index (χ1n) is 6.89. The molecule has 2 aromatic rings. The van der Waals surface area contributed by atoms with Gasteiger partial charge in [-0.05, 0) is 25.8 Å². The minimum absolute atomic E-state index is 0.196. The number of aromatic amines is 1. The summed E-state index contributed by atoms with van der Waals surface area (Å²) in [5.74, 6) is 1.23. The Kier molecular flexibility index (Phi) is 3.54. The number of aromatic nitrogens is 5. The zero-order valence-electron chi connectivity index (χ0n) is 12.0. The molecular weight excluding hydrogens is 292 g/mol. The van der Waals surface area contributed by atoms with Crippen molar-refractivity contribution in [3.05, 3.63) is 23.9 Å².